The quantitative estimate of drug-likeness (QED) is 0.194. The van der Waals surface area contributed by atoms with Gasteiger partial charge in [-0.2, -0.15) is 13.2 Å². The minimum atomic E-state index is -4.50. The molecule has 0 spiro atoms. The number of hydrogen-bond donors (Lipinski definition) is 3. The Balaban J connectivity index is 1.22. The minimum Gasteiger partial charge on any atom is -0.504 e. The molecule has 0 aromatic heterocycles. The first-order valence-electron chi connectivity index (χ1n) is 17.1. The summed E-state index contributed by atoms with van der Waals surface area (Å²) in [7, 11) is 1.50. The number of fused-ring (bicyclic) bond motifs is 8. The molecule has 4 atom stereocenters. The Labute approximate surface area is 297 Å². The second-order valence-electron chi connectivity index (χ2n) is 14.3. The molecule has 5 heterocycles. The van der Waals surface area contributed by atoms with Gasteiger partial charge in [-0.3, -0.25) is 9.59 Å². The largest absolute Gasteiger partial charge is 0.504 e. The lowest BCUT2D eigenvalue weighted by molar-refractivity contribution is -0.137. The number of ether oxygens (including phenoxy) is 4. The summed E-state index contributed by atoms with van der Waals surface area (Å²) in [5, 5.41) is 26.8. The van der Waals surface area contributed by atoms with Crippen LogP contribution in [-0.4, -0.2) is 58.4 Å². The van der Waals surface area contributed by atoms with E-state index in [1.54, 1.807) is 13.0 Å². The first-order chi connectivity index (χ1) is 24.6. The Morgan fingerprint density at radius 3 is 2.56 bits per heavy atom. The molecular formula is C38H38F3N3O8. The number of nitrogens with one attached hydrogen (secondary N) is 1. The number of amides is 1. The van der Waals surface area contributed by atoms with Crippen LogP contribution in [0.2, 0.25) is 0 Å². The molecule has 3 aromatic carbocycles. The van der Waals surface area contributed by atoms with E-state index < -0.39 is 47.3 Å². The number of phenols is 1. The number of aryl methyl sites for hydroxylation is 2. The van der Waals surface area contributed by atoms with Gasteiger partial charge in [-0.25, -0.2) is 0 Å². The number of aliphatic hydroxyl groups is 1. The summed E-state index contributed by atoms with van der Waals surface area (Å²) in [6, 6.07) is 5.15. The van der Waals surface area contributed by atoms with E-state index in [0.29, 0.717) is 62.9 Å². The van der Waals surface area contributed by atoms with Crippen molar-refractivity contribution in [2.45, 2.75) is 83.2 Å². The molecule has 0 aliphatic carbocycles. The van der Waals surface area contributed by atoms with Gasteiger partial charge in [-0.15, -0.1) is 0 Å². The van der Waals surface area contributed by atoms with Crippen LogP contribution in [0.15, 0.2) is 41.9 Å². The van der Waals surface area contributed by atoms with Gasteiger partial charge in [-0.05, 0) is 62.4 Å². The maximum absolute atomic E-state index is 13.4. The highest BCUT2D eigenvalue weighted by Crippen LogP contribution is 2.68. The van der Waals surface area contributed by atoms with Crippen LogP contribution in [0.4, 0.5) is 13.2 Å². The summed E-state index contributed by atoms with van der Waals surface area (Å²) in [5.74, 6) is 0.551. The topological polar surface area (TPSA) is 130 Å². The first kappa shape index (κ1) is 33.9. The van der Waals surface area contributed by atoms with Gasteiger partial charge in [0.1, 0.15) is 5.75 Å². The Hall–Kier alpha value is -5.27. The molecule has 0 saturated carbocycles. The van der Waals surface area contributed by atoms with E-state index in [-0.39, 0.29) is 44.2 Å². The van der Waals surface area contributed by atoms with E-state index in [9.17, 15) is 33.0 Å². The average molecular weight is 722 g/mol. The SMILES string of the molecule is COc1c(C)cc2c(c1O)[C@@H]1[C@@H]3Cc4c(OC(C)=O)c(C)c5c(c4[C@H](CNC(=O)CCc4cccc(C(F)(F)F)c4)N3C(O)=C3CC2(C)N31)OCO5. The van der Waals surface area contributed by atoms with Crippen molar-refractivity contribution in [1.82, 2.24) is 15.1 Å². The number of aliphatic hydroxyl groups excluding tert-OH is 1. The Kier molecular flexibility index (Phi) is 7.57. The van der Waals surface area contributed by atoms with Crippen molar-refractivity contribution in [3.63, 3.8) is 0 Å². The predicted molar refractivity (Wildman–Crippen MR) is 179 cm³/mol. The van der Waals surface area contributed by atoms with Crippen LogP contribution < -0.4 is 24.3 Å². The molecule has 14 heteroatoms. The van der Waals surface area contributed by atoms with Crippen molar-refractivity contribution in [1.29, 1.82) is 0 Å². The fraction of sp³-hybridized carbons (Fsp3) is 0.421. The zero-order chi connectivity index (χ0) is 37.0. The Morgan fingerprint density at radius 2 is 1.85 bits per heavy atom. The van der Waals surface area contributed by atoms with Crippen molar-refractivity contribution in [2.75, 3.05) is 20.4 Å². The number of esters is 1. The van der Waals surface area contributed by atoms with E-state index in [4.69, 9.17) is 18.9 Å². The lowest BCUT2D eigenvalue weighted by atomic mass is 9.77. The van der Waals surface area contributed by atoms with Crippen molar-refractivity contribution in [2.24, 2.45) is 0 Å². The molecule has 8 rings (SSSR count). The third-order valence-electron chi connectivity index (χ3n) is 11.2. The number of alkyl halides is 3. The average Bonchev–Trinajstić information content (AvgIpc) is 3.65. The van der Waals surface area contributed by atoms with Gasteiger partial charge < -0.3 is 44.3 Å². The summed E-state index contributed by atoms with van der Waals surface area (Å²) < 4.78 is 63.3. The lowest BCUT2D eigenvalue weighted by Gasteiger charge is -2.61. The third kappa shape index (κ3) is 4.78. The molecule has 5 aliphatic rings. The summed E-state index contributed by atoms with van der Waals surface area (Å²) in [5.41, 5.74) is 3.93. The molecule has 1 unspecified atom stereocenters. The highest BCUT2D eigenvalue weighted by Gasteiger charge is 2.65. The Bertz CT molecular complexity index is 2100. The van der Waals surface area contributed by atoms with E-state index >= 15 is 0 Å². The maximum atomic E-state index is 13.4. The molecule has 52 heavy (non-hydrogen) atoms. The molecule has 3 N–H and O–H groups in total. The van der Waals surface area contributed by atoms with Gasteiger partial charge in [0, 0.05) is 48.6 Å². The number of phenolic OH excluding ortho intramolecular Hbond substituents is 1. The number of carbonyl (C=O) groups excluding carboxylic acids is 2. The number of aromatic hydroxyl groups is 1. The number of carbonyl (C=O) groups is 2. The smallest absolute Gasteiger partial charge is 0.416 e. The van der Waals surface area contributed by atoms with Gasteiger partial charge in [-0.1, -0.05) is 18.2 Å². The Morgan fingerprint density at radius 1 is 1.10 bits per heavy atom. The van der Waals surface area contributed by atoms with Crippen LogP contribution in [0, 0.1) is 13.8 Å². The van der Waals surface area contributed by atoms with Gasteiger partial charge >= 0.3 is 12.1 Å². The molecule has 3 aromatic rings. The predicted octanol–water partition coefficient (Wildman–Crippen LogP) is 6.12. The number of nitrogens with zero attached hydrogens (tertiary/aromatic N) is 2. The number of benzene rings is 3. The zero-order valence-corrected chi connectivity index (χ0v) is 29.2. The summed E-state index contributed by atoms with van der Waals surface area (Å²) in [6.45, 7) is 6.90. The number of hydrogen-bond acceptors (Lipinski definition) is 10. The van der Waals surface area contributed by atoms with Crippen LogP contribution >= 0.6 is 0 Å². The first-order valence-corrected chi connectivity index (χ1v) is 17.1. The van der Waals surface area contributed by atoms with Crippen molar-refractivity contribution < 1.29 is 51.9 Å². The summed E-state index contributed by atoms with van der Waals surface area (Å²) in [4.78, 5) is 29.9. The molecular weight excluding hydrogens is 683 g/mol. The van der Waals surface area contributed by atoms with E-state index in [1.807, 2.05) is 17.9 Å². The molecule has 0 radical (unpaired) electrons. The fourth-order valence-electron chi connectivity index (χ4n) is 9.12. The van der Waals surface area contributed by atoms with Gasteiger partial charge in [0.05, 0.1) is 42.0 Å². The summed E-state index contributed by atoms with van der Waals surface area (Å²) >= 11 is 0. The molecule has 274 valence electrons. The van der Waals surface area contributed by atoms with Crippen LogP contribution in [0.3, 0.4) is 0 Å². The molecule has 11 nitrogen and oxygen atoms in total. The molecule has 0 bridgehead atoms. The molecule has 5 aliphatic heterocycles. The van der Waals surface area contributed by atoms with Gasteiger partial charge in [0.2, 0.25) is 18.6 Å². The second-order valence-corrected chi connectivity index (χ2v) is 14.3. The highest BCUT2D eigenvalue weighted by molar-refractivity contribution is 5.77. The number of halogens is 3. The van der Waals surface area contributed by atoms with Crippen molar-refractivity contribution in [3.05, 3.63) is 86.4 Å². The van der Waals surface area contributed by atoms with Crippen LogP contribution in [0.25, 0.3) is 0 Å². The van der Waals surface area contributed by atoms with Crippen molar-refractivity contribution in [3.8, 4) is 28.7 Å². The van der Waals surface area contributed by atoms with Crippen LogP contribution in [0.1, 0.15) is 83.3 Å². The van der Waals surface area contributed by atoms with Crippen LogP contribution in [-0.2, 0) is 34.1 Å². The number of methoxy groups -OCH3 is 1. The third-order valence-corrected chi connectivity index (χ3v) is 11.2. The molecule has 1 amide bonds. The zero-order valence-electron chi connectivity index (χ0n) is 29.2. The maximum Gasteiger partial charge on any atom is 0.416 e. The van der Waals surface area contributed by atoms with E-state index in [2.05, 4.69) is 17.1 Å². The highest BCUT2D eigenvalue weighted by atomic mass is 19.4. The normalized spacial score (nSPS) is 23.3. The second kappa shape index (κ2) is 11.6. The number of rotatable bonds is 7. The lowest BCUT2D eigenvalue weighted by Crippen LogP contribution is -2.62. The standard InChI is InChI=1S/C38H38F3N3O8/c1-17-11-23-29(31(47)32(17)49-5)30-24-13-22-28(35-34(50-16-51-35)18(2)33(22)52-19(3)45)26(43(24)36(48)25-14-37(23,4)44(25)30)15-42-27(46)10-9-20-7-6-8-21(12-20)38(39,40)41/h6-8,11-12,24,26,30,47-48H,9-10,13-16H2,1-5H3,(H,42,46)/t24-,26-,30-,37?/m0/s1. The fourth-order valence-corrected chi connectivity index (χ4v) is 9.12. The molecule has 1 saturated heterocycles. The minimum absolute atomic E-state index is 0.0193. The monoisotopic (exact) mass is 721 g/mol. The van der Waals surface area contributed by atoms with Crippen LogP contribution in [0.5, 0.6) is 28.7 Å². The van der Waals surface area contributed by atoms with E-state index in [0.717, 1.165) is 23.3 Å². The van der Waals surface area contributed by atoms with Gasteiger partial charge in [0.25, 0.3) is 0 Å². The van der Waals surface area contributed by atoms with Crippen molar-refractivity contribution >= 4 is 11.9 Å². The van der Waals surface area contributed by atoms with E-state index in [1.165, 1.54) is 20.1 Å². The summed E-state index contributed by atoms with van der Waals surface area (Å²) in [6.07, 6.45) is -3.76. The molecule has 1 fully saturated rings. The van der Waals surface area contributed by atoms with Gasteiger partial charge in [0.15, 0.2) is 23.0 Å².